The fraction of sp³-hybridized carbons (Fsp3) is 0.333. The molecule has 8 heteroatoms. The van der Waals surface area contributed by atoms with Gasteiger partial charge in [-0.3, -0.25) is 9.59 Å². The lowest BCUT2D eigenvalue weighted by molar-refractivity contribution is -0.128. The molecule has 0 spiro atoms. The molecule has 1 fully saturated rings. The van der Waals surface area contributed by atoms with E-state index in [2.05, 4.69) is 5.32 Å². The van der Waals surface area contributed by atoms with Crippen molar-refractivity contribution >= 4 is 29.4 Å². The number of hydrogen-bond donors (Lipinski definition) is 1. The summed E-state index contributed by atoms with van der Waals surface area (Å²) in [6.07, 6.45) is 1.40. The van der Waals surface area contributed by atoms with Gasteiger partial charge in [-0.2, -0.15) is 0 Å². The highest BCUT2D eigenvalue weighted by atomic mass is 16.5. The molecule has 2 aromatic rings. The van der Waals surface area contributed by atoms with Crippen molar-refractivity contribution in [3.8, 4) is 0 Å². The number of nitrogens with zero attached hydrogens (tertiary/aromatic N) is 1. The van der Waals surface area contributed by atoms with Crippen LogP contribution >= 0.6 is 0 Å². The summed E-state index contributed by atoms with van der Waals surface area (Å²) in [4.78, 5) is 50.9. The summed E-state index contributed by atoms with van der Waals surface area (Å²) >= 11 is 0. The van der Waals surface area contributed by atoms with E-state index in [-0.39, 0.29) is 35.9 Å². The molecule has 32 heavy (non-hydrogen) atoms. The highest BCUT2D eigenvalue weighted by Crippen LogP contribution is 2.20. The molecule has 1 heterocycles. The summed E-state index contributed by atoms with van der Waals surface area (Å²) in [5, 5.41) is 2.73. The van der Waals surface area contributed by atoms with Crippen molar-refractivity contribution < 1.29 is 28.7 Å². The molecule has 0 bridgehead atoms. The molecule has 2 amide bonds. The predicted octanol–water partition coefficient (Wildman–Crippen LogP) is 3.41. The summed E-state index contributed by atoms with van der Waals surface area (Å²) in [5.41, 5.74) is 1.78. The fourth-order valence-electron chi connectivity index (χ4n) is 3.47. The van der Waals surface area contributed by atoms with E-state index in [0.29, 0.717) is 25.1 Å². The van der Waals surface area contributed by atoms with Crippen molar-refractivity contribution in [3.05, 3.63) is 64.7 Å². The van der Waals surface area contributed by atoms with E-state index in [1.54, 1.807) is 36.9 Å². The number of hydrogen-bond acceptors (Lipinski definition) is 6. The molecule has 1 aliphatic rings. The lowest BCUT2D eigenvalue weighted by Gasteiger charge is -2.16. The van der Waals surface area contributed by atoms with Crippen LogP contribution in [-0.4, -0.2) is 48.4 Å². The summed E-state index contributed by atoms with van der Waals surface area (Å²) < 4.78 is 10.0. The van der Waals surface area contributed by atoms with Crippen molar-refractivity contribution in [2.45, 2.75) is 33.2 Å². The molecular formula is C24H26N2O6. The molecule has 0 radical (unpaired) electrons. The Morgan fingerprint density at radius 1 is 0.938 bits per heavy atom. The van der Waals surface area contributed by atoms with Gasteiger partial charge in [-0.05, 0) is 56.2 Å². The van der Waals surface area contributed by atoms with Crippen molar-refractivity contribution in [2.75, 3.05) is 25.1 Å². The molecule has 8 nitrogen and oxygen atoms in total. The number of anilines is 1. The van der Waals surface area contributed by atoms with Gasteiger partial charge >= 0.3 is 11.9 Å². The molecule has 0 aliphatic carbocycles. The Bertz CT molecular complexity index is 997. The Hall–Kier alpha value is -3.68. The Kier molecular flexibility index (Phi) is 7.59. The minimum atomic E-state index is -0.605. The maximum Gasteiger partial charge on any atom is 0.338 e. The first-order valence-electron chi connectivity index (χ1n) is 10.6. The number of carbonyl (C=O) groups excluding carboxylic acids is 4. The Labute approximate surface area is 186 Å². The normalized spacial score (nSPS) is 13.1. The van der Waals surface area contributed by atoms with E-state index in [4.69, 9.17) is 9.47 Å². The zero-order valence-electron chi connectivity index (χ0n) is 18.2. The lowest BCUT2D eigenvalue weighted by atomic mass is 10.1. The van der Waals surface area contributed by atoms with Gasteiger partial charge in [0, 0.05) is 30.8 Å². The van der Waals surface area contributed by atoms with E-state index in [1.165, 1.54) is 18.2 Å². The van der Waals surface area contributed by atoms with Crippen molar-refractivity contribution in [3.63, 3.8) is 0 Å². The van der Waals surface area contributed by atoms with Crippen LogP contribution in [0.25, 0.3) is 0 Å². The summed E-state index contributed by atoms with van der Waals surface area (Å²) in [6.45, 7) is 4.88. The number of nitrogens with one attached hydrogen (secondary N) is 1. The van der Waals surface area contributed by atoms with Gasteiger partial charge in [0.2, 0.25) is 5.91 Å². The van der Waals surface area contributed by atoms with Crippen molar-refractivity contribution in [2.24, 2.45) is 0 Å². The SMILES string of the molecule is CCOC(=O)c1cc(NC(=O)c2cccc(CN3CCCC3=O)c2)cc(C(=O)OCC)c1. The van der Waals surface area contributed by atoms with Crippen molar-refractivity contribution in [1.29, 1.82) is 0 Å². The van der Waals surface area contributed by atoms with Gasteiger partial charge < -0.3 is 19.7 Å². The summed E-state index contributed by atoms with van der Waals surface area (Å²) in [7, 11) is 0. The van der Waals surface area contributed by atoms with Gasteiger partial charge in [-0.15, -0.1) is 0 Å². The van der Waals surface area contributed by atoms with Gasteiger partial charge in [-0.1, -0.05) is 12.1 Å². The second kappa shape index (κ2) is 10.6. The first kappa shape index (κ1) is 23.0. The topological polar surface area (TPSA) is 102 Å². The number of likely N-dealkylation sites (tertiary alicyclic amines) is 1. The number of benzene rings is 2. The molecule has 3 rings (SSSR count). The lowest BCUT2D eigenvalue weighted by Crippen LogP contribution is -2.24. The molecule has 0 aromatic heterocycles. The maximum absolute atomic E-state index is 12.9. The van der Waals surface area contributed by atoms with E-state index < -0.39 is 17.8 Å². The monoisotopic (exact) mass is 438 g/mol. The average molecular weight is 438 g/mol. The smallest absolute Gasteiger partial charge is 0.338 e. The van der Waals surface area contributed by atoms with Crippen LogP contribution in [0.2, 0.25) is 0 Å². The highest BCUT2D eigenvalue weighted by molar-refractivity contribution is 6.06. The minimum absolute atomic E-state index is 0.113. The second-order valence-electron chi connectivity index (χ2n) is 7.31. The third-order valence-corrected chi connectivity index (χ3v) is 4.95. The highest BCUT2D eigenvalue weighted by Gasteiger charge is 2.21. The number of rotatable bonds is 8. The number of carbonyl (C=O) groups is 4. The molecule has 1 saturated heterocycles. The molecule has 1 N–H and O–H groups in total. The van der Waals surface area contributed by atoms with E-state index in [0.717, 1.165) is 12.0 Å². The van der Waals surface area contributed by atoms with Crippen LogP contribution in [0.15, 0.2) is 42.5 Å². The standard InChI is InChI=1S/C24H26N2O6/c1-3-31-23(29)18-12-19(24(30)32-4-2)14-20(13-18)25-22(28)17-8-5-7-16(11-17)15-26-10-6-9-21(26)27/h5,7-8,11-14H,3-4,6,9-10,15H2,1-2H3,(H,25,28). The van der Waals surface area contributed by atoms with Gasteiger partial charge in [-0.25, -0.2) is 9.59 Å². The Balaban J connectivity index is 1.81. The largest absolute Gasteiger partial charge is 0.462 e. The maximum atomic E-state index is 12.9. The van der Waals surface area contributed by atoms with Crippen LogP contribution in [0, 0.1) is 0 Å². The molecule has 0 unspecified atom stereocenters. The van der Waals surface area contributed by atoms with Gasteiger partial charge in [0.05, 0.1) is 24.3 Å². The van der Waals surface area contributed by atoms with Crippen LogP contribution in [-0.2, 0) is 20.8 Å². The zero-order chi connectivity index (χ0) is 23.1. The van der Waals surface area contributed by atoms with Crippen LogP contribution in [0.1, 0.15) is 63.3 Å². The average Bonchev–Trinajstić information content (AvgIpc) is 3.18. The van der Waals surface area contributed by atoms with Crippen LogP contribution in [0.3, 0.4) is 0 Å². The van der Waals surface area contributed by atoms with Gasteiger partial charge in [0.1, 0.15) is 0 Å². The number of ether oxygens (including phenoxy) is 2. The second-order valence-corrected chi connectivity index (χ2v) is 7.31. The molecular weight excluding hydrogens is 412 g/mol. The fourth-order valence-corrected chi connectivity index (χ4v) is 3.47. The Morgan fingerprint density at radius 2 is 1.59 bits per heavy atom. The molecule has 0 saturated carbocycles. The van der Waals surface area contributed by atoms with Gasteiger partial charge in [0.25, 0.3) is 5.91 Å². The summed E-state index contributed by atoms with van der Waals surface area (Å²) in [6, 6.07) is 11.3. The minimum Gasteiger partial charge on any atom is -0.462 e. The van der Waals surface area contributed by atoms with Crippen LogP contribution < -0.4 is 5.32 Å². The molecule has 1 aliphatic heterocycles. The molecule has 2 aromatic carbocycles. The third-order valence-electron chi connectivity index (χ3n) is 4.95. The molecule has 0 atom stereocenters. The van der Waals surface area contributed by atoms with Crippen molar-refractivity contribution in [1.82, 2.24) is 4.90 Å². The first-order chi connectivity index (χ1) is 15.4. The van der Waals surface area contributed by atoms with E-state index >= 15 is 0 Å². The zero-order valence-corrected chi connectivity index (χ0v) is 18.2. The summed E-state index contributed by atoms with van der Waals surface area (Å²) in [5.74, 6) is -1.50. The molecule has 168 valence electrons. The predicted molar refractivity (Wildman–Crippen MR) is 117 cm³/mol. The van der Waals surface area contributed by atoms with Gasteiger partial charge in [0.15, 0.2) is 0 Å². The van der Waals surface area contributed by atoms with E-state index in [1.807, 2.05) is 6.07 Å². The first-order valence-corrected chi connectivity index (χ1v) is 10.6. The number of esters is 2. The number of amides is 2. The Morgan fingerprint density at radius 3 is 2.16 bits per heavy atom. The quantitative estimate of drug-likeness (QED) is 0.634. The van der Waals surface area contributed by atoms with Crippen LogP contribution in [0.5, 0.6) is 0 Å². The third kappa shape index (κ3) is 5.72. The van der Waals surface area contributed by atoms with E-state index in [9.17, 15) is 19.2 Å². The van der Waals surface area contributed by atoms with Crippen LogP contribution in [0.4, 0.5) is 5.69 Å².